The lowest BCUT2D eigenvalue weighted by Gasteiger charge is -2.13. The molecule has 0 aliphatic heterocycles. The van der Waals surface area contributed by atoms with Crippen LogP contribution in [0.15, 0.2) is 96.6 Å². The Hall–Kier alpha value is -2.93. The van der Waals surface area contributed by atoms with Crippen molar-refractivity contribution < 1.29 is 4.79 Å². The summed E-state index contributed by atoms with van der Waals surface area (Å²) in [6.45, 7) is 0. The molecule has 1 nitrogen and oxygen atoms in total. The number of benzene rings is 3. The first-order valence-electron chi connectivity index (χ1n) is 7.71. The van der Waals surface area contributed by atoms with Crippen LogP contribution in [0.25, 0.3) is 5.57 Å². The molecular formula is C22H18O. The molecule has 0 fully saturated rings. The van der Waals surface area contributed by atoms with E-state index in [0.29, 0.717) is 6.42 Å². The number of hydrogen-bond donors (Lipinski definition) is 0. The Morgan fingerprint density at radius 2 is 1.09 bits per heavy atom. The molecule has 0 spiro atoms. The van der Waals surface area contributed by atoms with E-state index in [0.717, 1.165) is 34.1 Å². The van der Waals surface area contributed by atoms with Crippen LogP contribution in [-0.4, -0.2) is 6.29 Å². The average Bonchev–Trinajstić information content (AvgIpc) is 2.64. The third-order valence-electron chi connectivity index (χ3n) is 3.83. The largest absolute Gasteiger partial charge is 0.298 e. The summed E-state index contributed by atoms with van der Waals surface area (Å²) in [4.78, 5) is 11.8. The molecule has 3 rings (SSSR count). The van der Waals surface area contributed by atoms with Crippen molar-refractivity contribution in [3.63, 3.8) is 0 Å². The standard InChI is InChI=1S/C22H18O/c23-17-21(16-18-10-4-1-5-11-18)22(19-12-6-2-7-13-19)20-14-8-3-9-15-20/h1-15,17H,16H2. The Bertz CT molecular complexity index is 746. The van der Waals surface area contributed by atoms with E-state index in [1.807, 2.05) is 54.6 Å². The zero-order valence-corrected chi connectivity index (χ0v) is 12.9. The van der Waals surface area contributed by atoms with Gasteiger partial charge in [-0.05, 0) is 22.3 Å². The highest BCUT2D eigenvalue weighted by Crippen LogP contribution is 2.27. The van der Waals surface area contributed by atoms with Gasteiger partial charge >= 0.3 is 0 Å². The first-order chi connectivity index (χ1) is 11.4. The zero-order valence-electron chi connectivity index (χ0n) is 12.9. The van der Waals surface area contributed by atoms with Crippen LogP contribution in [0.1, 0.15) is 16.7 Å². The fourth-order valence-electron chi connectivity index (χ4n) is 2.75. The fraction of sp³-hybridized carbons (Fsp3) is 0.0455. The molecule has 112 valence electrons. The molecule has 0 atom stereocenters. The Morgan fingerprint density at radius 1 is 0.652 bits per heavy atom. The van der Waals surface area contributed by atoms with Gasteiger partial charge in [0.25, 0.3) is 0 Å². The summed E-state index contributed by atoms with van der Waals surface area (Å²) in [6.07, 6.45) is 1.62. The molecule has 0 unspecified atom stereocenters. The van der Waals surface area contributed by atoms with E-state index in [-0.39, 0.29) is 0 Å². The Labute approximate surface area is 136 Å². The minimum Gasteiger partial charge on any atom is -0.298 e. The molecule has 0 heterocycles. The van der Waals surface area contributed by atoms with Crippen molar-refractivity contribution in [3.05, 3.63) is 113 Å². The van der Waals surface area contributed by atoms with Gasteiger partial charge in [-0.1, -0.05) is 91.0 Å². The molecule has 0 aliphatic rings. The van der Waals surface area contributed by atoms with Crippen molar-refractivity contribution >= 4 is 11.9 Å². The highest BCUT2D eigenvalue weighted by Gasteiger charge is 2.12. The van der Waals surface area contributed by atoms with Crippen molar-refractivity contribution in [1.29, 1.82) is 0 Å². The molecule has 23 heavy (non-hydrogen) atoms. The zero-order chi connectivity index (χ0) is 15.9. The monoisotopic (exact) mass is 298 g/mol. The second-order valence-corrected chi connectivity index (χ2v) is 5.41. The van der Waals surface area contributed by atoms with Gasteiger partial charge in [0, 0.05) is 12.0 Å². The molecule has 3 aromatic carbocycles. The summed E-state index contributed by atoms with van der Waals surface area (Å²) in [7, 11) is 0. The first-order valence-corrected chi connectivity index (χ1v) is 7.71. The number of hydrogen-bond acceptors (Lipinski definition) is 1. The minimum absolute atomic E-state index is 0.628. The maximum Gasteiger partial charge on any atom is 0.147 e. The molecule has 0 saturated heterocycles. The molecule has 0 aliphatic carbocycles. The normalized spacial score (nSPS) is 10.1. The molecule has 0 aromatic heterocycles. The Balaban J connectivity index is 2.14. The first kappa shape index (κ1) is 15.0. The van der Waals surface area contributed by atoms with E-state index < -0.39 is 0 Å². The van der Waals surface area contributed by atoms with Crippen molar-refractivity contribution in [2.75, 3.05) is 0 Å². The number of allylic oxidation sites excluding steroid dienone is 1. The number of carbonyl (C=O) groups is 1. The third kappa shape index (κ3) is 3.64. The van der Waals surface area contributed by atoms with Crippen molar-refractivity contribution in [2.24, 2.45) is 0 Å². The van der Waals surface area contributed by atoms with E-state index in [9.17, 15) is 4.79 Å². The highest BCUT2D eigenvalue weighted by atomic mass is 16.1. The average molecular weight is 298 g/mol. The summed E-state index contributed by atoms with van der Waals surface area (Å²) in [5.41, 5.74) is 5.08. The smallest absolute Gasteiger partial charge is 0.147 e. The molecule has 0 bridgehead atoms. The second-order valence-electron chi connectivity index (χ2n) is 5.41. The van der Waals surface area contributed by atoms with Gasteiger partial charge in [0.1, 0.15) is 6.29 Å². The maximum absolute atomic E-state index is 11.8. The van der Waals surface area contributed by atoms with Gasteiger partial charge in [-0.15, -0.1) is 0 Å². The highest BCUT2D eigenvalue weighted by molar-refractivity contribution is 5.95. The van der Waals surface area contributed by atoms with Crippen LogP contribution in [0.5, 0.6) is 0 Å². The van der Waals surface area contributed by atoms with Crippen molar-refractivity contribution in [1.82, 2.24) is 0 Å². The van der Waals surface area contributed by atoms with Gasteiger partial charge in [0.15, 0.2) is 0 Å². The molecular weight excluding hydrogens is 280 g/mol. The van der Waals surface area contributed by atoms with E-state index in [4.69, 9.17) is 0 Å². The summed E-state index contributed by atoms with van der Waals surface area (Å²) in [5.74, 6) is 0. The summed E-state index contributed by atoms with van der Waals surface area (Å²) >= 11 is 0. The minimum atomic E-state index is 0.628. The van der Waals surface area contributed by atoms with Crippen LogP contribution in [0.3, 0.4) is 0 Å². The predicted molar refractivity (Wildman–Crippen MR) is 95.1 cm³/mol. The van der Waals surface area contributed by atoms with Crippen LogP contribution >= 0.6 is 0 Å². The lowest BCUT2D eigenvalue weighted by Crippen LogP contribution is -2.00. The van der Waals surface area contributed by atoms with E-state index in [1.54, 1.807) is 0 Å². The topological polar surface area (TPSA) is 17.1 Å². The van der Waals surface area contributed by atoms with E-state index in [1.165, 1.54) is 0 Å². The number of rotatable bonds is 5. The second kappa shape index (κ2) is 7.37. The molecule has 1 heteroatoms. The lowest BCUT2D eigenvalue weighted by atomic mass is 9.90. The van der Waals surface area contributed by atoms with E-state index in [2.05, 4.69) is 36.4 Å². The maximum atomic E-state index is 11.8. The van der Waals surface area contributed by atoms with Gasteiger partial charge < -0.3 is 0 Å². The molecule has 0 amide bonds. The Morgan fingerprint density at radius 3 is 1.52 bits per heavy atom. The van der Waals surface area contributed by atoms with Gasteiger partial charge in [-0.2, -0.15) is 0 Å². The van der Waals surface area contributed by atoms with Crippen LogP contribution in [0.4, 0.5) is 0 Å². The lowest BCUT2D eigenvalue weighted by molar-refractivity contribution is -0.104. The van der Waals surface area contributed by atoms with Crippen LogP contribution < -0.4 is 0 Å². The summed E-state index contributed by atoms with van der Waals surface area (Å²) < 4.78 is 0. The SMILES string of the molecule is O=CC(Cc1ccccc1)=C(c1ccccc1)c1ccccc1. The summed E-state index contributed by atoms with van der Waals surface area (Å²) in [6, 6.07) is 30.3. The molecule has 3 aromatic rings. The van der Waals surface area contributed by atoms with Gasteiger partial charge in [0.2, 0.25) is 0 Å². The van der Waals surface area contributed by atoms with Crippen LogP contribution in [0, 0.1) is 0 Å². The number of aldehydes is 1. The van der Waals surface area contributed by atoms with Crippen LogP contribution in [-0.2, 0) is 11.2 Å². The molecule has 0 saturated carbocycles. The predicted octanol–water partition coefficient (Wildman–Crippen LogP) is 4.93. The molecule has 0 N–H and O–H groups in total. The quantitative estimate of drug-likeness (QED) is 0.482. The van der Waals surface area contributed by atoms with E-state index >= 15 is 0 Å². The third-order valence-corrected chi connectivity index (χ3v) is 3.83. The van der Waals surface area contributed by atoms with Gasteiger partial charge in [-0.25, -0.2) is 0 Å². The van der Waals surface area contributed by atoms with Crippen molar-refractivity contribution in [2.45, 2.75) is 6.42 Å². The summed E-state index contributed by atoms with van der Waals surface area (Å²) in [5, 5.41) is 0. The fourth-order valence-corrected chi connectivity index (χ4v) is 2.75. The number of carbonyl (C=O) groups excluding carboxylic acids is 1. The van der Waals surface area contributed by atoms with Gasteiger partial charge in [-0.3, -0.25) is 4.79 Å². The van der Waals surface area contributed by atoms with Gasteiger partial charge in [0.05, 0.1) is 0 Å². The molecule has 0 radical (unpaired) electrons. The van der Waals surface area contributed by atoms with Crippen LogP contribution in [0.2, 0.25) is 0 Å². The van der Waals surface area contributed by atoms with Crippen molar-refractivity contribution in [3.8, 4) is 0 Å². The Kier molecular flexibility index (Phi) is 4.80.